The molecule has 0 saturated carbocycles. The molecule has 0 bridgehead atoms. The molecule has 10 heteroatoms. The summed E-state index contributed by atoms with van der Waals surface area (Å²) >= 11 is 1.27. The van der Waals surface area contributed by atoms with Crippen LogP contribution in [-0.4, -0.2) is 34.6 Å². The lowest BCUT2D eigenvalue weighted by Gasteiger charge is -2.27. The zero-order chi connectivity index (χ0) is 19.9. The van der Waals surface area contributed by atoms with Crippen molar-refractivity contribution < 1.29 is 27.2 Å². The predicted molar refractivity (Wildman–Crippen MR) is 94.1 cm³/mol. The molecule has 0 fully saturated rings. The quantitative estimate of drug-likeness (QED) is 0.654. The van der Waals surface area contributed by atoms with E-state index in [2.05, 4.69) is 14.7 Å². The number of aromatic nitrogens is 2. The number of carbonyl (C=O) groups excluding carboxylic acids is 1. The monoisotopic (exact) mass is 409 g/mol. The second-order valence-electron chi connectivity index (χ2n) is 6.19. The largest absolute Gasteiger partial charge is 0.497 e. The van der Waals surface area contributed by atoms with Gasteiger partial charge < -0.3 is 14.2 Å². The van der Waals surface area contributed by atoms with Crippen molar-refractivity contribution in [1.29, 1.82) is 0 Å². The highest BCUT2D eigenvalue weighted by atomic mass is 32.1. The van der Waals surface area contributed by atoms with E-state index in [0.717, 1.165) is 10.4 Å². The highest BCUT2D eigenvalue weighted by molar-refractivity contribution is 7.15. The summed E-state index contributed by atoms with van der Waals surface area (Å²) in [5.41, 5.74) is 1.53. The number of thiophene rings is 1. The van der Waals surface area contributed by atoms with Crippen molar-refractivity contribution >= 4 is 17.2 Å². The minimum atomic E-state index is -4.68. The molecule has 0 aliphatic carbocycles. The van der Waals surface area contributed by atoms with E-state index in [9.17, 15) is 18.0 Å². The van der Waals surface area contributed by atoms with Crippen molar-refractivity contribution in [3.63, 3.8) is 0 Å². The first-order chi connectivity index (χ1) is 13.3. The van der Waals surface area contributed by atoms with Crippen molar-refractivity contribution in [2.75, 3.05) is 13.7 Å². The zero-order valence-corrected chi connectivity index (χ0v) is 15.4. The molecule has 0 N–H and O–H groups in total. The first-order valence-corrected chi connectivity index (χ1v) is 9.13. The number of nitrogens with zero attached hydrogens (tertiary/aromatic N) is 3. The second kappa shape index (κ2) is 6.93. The van der Waals surface area contributed by atoms with Gasteiger partial charge in [-0.1, -0.05) is 5.16 Å². The van der Waals surface area contributed by atoms with Crippen LogP contribution in [0.4, 0.5) is 13.2 Å². The molecule has 3 aromatic rings. The number of hydrogen-bond acceptors (Lipinski definition) is 6. The molecular formula is C18H14F3N3O3S. The molecule has 1 aliphatic rings. The third-order valence-electron chi connectivity index (χ3n) is 4.40. The number of amides is 1. The van der Waals surface area contributed by atoms with Gasteiger partial charge in [0, 0.05) is 17.0 Å². The third-order valence-corrected chi connectivity index (χ3v) is 5.55. The van der Waals surface area contributed by atoms with Crippen molar-refractivity contribution in [3.05, 3.63) is 52.2 Å². The molecule has 1 amide bonds. The van der Waals surface area contributed by atoms with Crippen LogP contribution >= 0.6 is 11.3 Å². The Kier molecular flexibility index (Phi) is 4.58. The highest BCUT2D eigenvalue weighted by Crippen LogP contribution is 2.36. The minimum Gasteiger partial charge on any atom is -0.497 e. The lowest BCUT2D eigenvalue weighted by atomic mass is 10.1. The van der Waals surface area contributed by atoms with E-state index in [1.54, 1.807) is 42.3 Å². The summed E-state index contributed by atoms with van der Waals surface area (Å²) in [6, 6.07) is 8.61. The van der Waals surface area contributed by atoms with Gasteiger partial charge in [0.15, 0.2) is 0 Å². The fraction of sp³-hybridized carbons (Fsp3) is 0.278. The Labute approximate surface area is 161 Å². The Morgan fingerprint density at radius 3 is 2.68 bits per heavy atom. The molecule has 28 heavy (non-hydrogen) atoms. The minimum absolute atomic E-state index is 0.0974. The van der Waals surface area contributed by atoms with Gasteiger partial charge in [-0.25, -0.2) is 0 Å². The average molecular weight is 409 g/mol. The number of methoxy groups -OCH3 is 1. The molecule has 6 nitrogen and oxygen atoms in total. The van der Waals surface area contributed by atoms with Crippen LogP contribution in [0.3, 0.4) is 0 Å². The standard InChI is InChI=1S/C18H14F3N3O3S/c1-26-12-4-2-10(3-5-12)16(25)24-7-6-11-8-13(28-14(11)9-24)15-22-17(27-23-15)18(19,20)21/h2-5,8H,6-7,9H2,1H3. The Bertz CT molecular complexity index is 1010. The number of ether oxygens (including phenoxy) is 1. The Hall–Kier alpha value is -2.88. The van der Waals surface area contributed by atoms with Gasteiger partial charge in [-0.05, 0) is 42.3 Å². The molecule has 1 aliphatic heterocycles. The lowest BCUT2D eigenvalue weighted by Crippen LogP contribution is -2.35. The van der Waals surface area contributed by atoms with E-state index < -0.39 is 12.1 Å². The van der Waals surface area contributed by atoms with Crippen LogP contribution in [0.5, 0.6) is 5.75 Å². The van der Waals surface area contributed by atoms with Crippen LogP contribution in [0.1, 0.15) is 26.7 Å². The van der Waals surface area contributed by atoms with Gasteiger partial charge in [0.25, 0.3) is 5.91 Å². The number of benzene rings is 1. The normalized spacial score (nSPS) is 14.1. The van der Waals surface area contributed by atoms with Crippen LogP contribution in [-0.2, 0) is 19.1 Å². The highest BCUT2D eigenvalue weighted by Gasteiger charge is 2.38. The van der Waals surface area contributed by atoms with Gasteiger partial charge in [-0.15, -0.1) is 11.3 Å². The van der Waals surface area contributed by atoms with Crippen LogP contribution in [0.25, 0.3) is 10.7 Å². The summed E-state index contributed by atoms with van der Waals surface area (Å²) in [5, 5.41) is 3.43. The number of halogens is 3. The Balaban J connectivity index is 1.53. The van der Waals surface area contributed by atoms with E-state index >= 15 is 0 Å². The molecule has 3 heterocycles. The van der Waals surface area contributed by atoms with Gasteiger partial charge in [0.2, 0.25) is 5.82 Å². The van der Waals surface area contributed by atoms with Crippen LogP contribution in [0.15, 0.2) is 34.9 Å². The number of alkyl halides is 3. The van der Waals surface area contributed by atoms with E-state index in [1.165, 1.54) is 11.3 Å². The number of fused-ring (bicyclic) bond motifs is 1. The SMILES string of the molecule is COc1ccc(C(=O)N2CCc3cc(-c4noc(C(F)(F)F)n4)sc3C2)cc1. The number of hydrogen-bond donors (Lipinski definition) is 0. The molecule has 0 radical (unpaired) electrons. The zero-order valence-electron chi connectivity index (χ0n) is 14.6. The van der Waals surface area contributed by atoms with Crippen molar-refractivity contribution in [1.82, 2.24) is 15.0 Å². The summed E-state index contributed by atoms with van der Waals surface area (Å²) in [7, 11) is 1.55. The molecule has 4 rings (SSSR count). The maximum absolute atomic E-state index is 12.7. The van der Waals surface area contributed by atoms with E-state index in [0.29, 0.717) is 35.7 Å². The van der Waals surface area contributed by atoms with Crippen LogP contribution in [0.2, 0.25) is 0 Å². The van der Waals surface area contributed by atoms with Crippen molar-refractivity contribution in [2.24, 2.45) is 0 Å². The number of carbonyl (C=O) groups is 1. The van der Waals surface area contributed by atoms with E-state index in [1.807, 2.05) is 0 Å². The van der Waals surface area contributed by atoms with Gasteiger partial charge in [0.1, 0.15) is 5.75 Å². The van der Waals surface area contributed by atoms with E-state index in [-0.39, 0.29) is 11.7 Å². The molecule has 1 aromatic carbocycles. The van der Waals surface area contributed by atoms with Crippen molar-refractivity contribution in [2.45, 2.75) is 19.1 Å². The molecule has 2 aromatic heterocycles. The fourth-order valence-corrected chi connectivity index (χ4v) is 4.11. The Morgan fingerprint density at radius 2 is 2.04 bits per heavy atom. The van der Waals surface area contributed by atoms with Crippen molar-refractivity contribution in [3.8, 4) is 16.5 Å². The summed E-state index contributed by atoms with van der Waals surface area (Å²) in [4.78, 5) is 19.3. The molecule has 146 valence electrons. The Morgan fingerprint density at radius 1 is 1.29 bits per heavy atom. The average Bonchev–Trinajstić information content (AvgIpc) is 3.33. The third kappa shape index (κ3) is 3.47. The van der Waals surface area contributed by atoms with Gasteiger partial charge >= 0.3 is 12.1 Å². The smallest absolute Gasteiger partial charge is 0.471 e. The maximum atomic E-state index is 12.7. The maximum Gasteiger partial charge on any atom is 0.471 e. The molecule has 0 atom stereocenters. The van der Waals surface area contributed by atoms with E-state index in [4.69, 9.17) is 4.74 Å². The fourth-order valence-electron chi connectivity index (χ4n) is 2.96. The summed E-state index contributed by atoms with van der Waals surface area (Å²) in [6.45, 7) is 0.906. The summed E-state index contributed by atoms with van der Waals surface area (Å²) in [6.07, 6.45) is -4.07. The van der Waals surface area contributed by atoms with Crippen LogP contribution < -0.4 is 4.74 Å². The second-order valence-corrected chi connectivity index (χ2v) is 7.32. The summed E-state index contributed by atoms with van der Waals surface area (Å²) in [5.74, 6) is -0.911. The molecule has 0 spiro atoms. The number of rotatable bonds is 3. The first kappa shape index (κ1) is 18.5. The van der Waals surface area contributed by atoms with Gasteiger partial charge in [0.05, 0.1) is 18.5 Å². The molecular weight excluding hydrogens is 395 g/mol. The molecule has 0 unspecified atom stereocenters. The van der Waals surface area contributed by atoms with Crippen LogP contribution in [0, 0.1) is 0 Å². The summed E-state index contributed by atoms with van der Waals surface area (Å²) < 4.78 is 47.3. The topological polar surface area (TPSA) is 68.5 Å². The van der Waals surface area contributed by atoms with Gasteiger partial charge in [-0.2, -0.15) is 18.2 Å². The first-order valence-electron chi connectivity index (χ1n) is 8.31. The molecule has 0 saturated heterocycles. The predicted octanol–water partition coefficient (Wildman–Crippen LogP) is 4.02. The lowest BCUT2D eigenvalue weighted by molar-refractivity contribution is -0.159. The van der Waals surface area contributed by atoms with Gasteiger partial charge in [-0.3, -0.25) is 4.79 Å².